The summed E-state index contributed by atoms with van der Waals surface area (Å²) >= 11 is 0. The number of unbranched alkanes of at least 4 members (excludes halogenated alkanes) is 8. The summed E-state index contributed by atoms with van der Waals surface area (Å²) in [6, 6.07) is 5.66. The van der Waals surface area contributed by atoms with Crippen molar-refractivity contribution in [1.82, 2.24) is 0 Å². The topological polar surface area (TPSA) is 61.0 Å². The lowest BCUT2D eigenvalue weighted by molar-refractivity contribution is 0.373. The highest BCUT2D eigenvalue weighted by atomic mass is 16.5. The Morgan fingerprint density at radius 1 is 0.905 bits per heavy atom. The molecule has 0 saturated heterocycles. The van der Waals surface area contributed by atoms with Crippen LogP contribution in [0.15, 0.2) is 18.2 Å². The summed E-state index contributed by atoms with van der Waals surface area (Å²) < 4.78 is 5.13. The van der Waals surface area contributed by atoms with Gasteiger partial charge in [0.05, 0.1) is 7.11 Å². The molecule has 0 saturated carbocycles. The van der Waals surface area contributed by atoms with Crippen LogP contribution in [0.5, 0.6) is 11.5 Å². The van der Waals surface area contributed by atoms with Crippen molar-refractivity contribution in [2.75, 3.05) is 7.11 Å². The van der Waals surface area contributed by atoms with Gasteiger partial charge >= 0.3 is 0 Å². The average molecular weight is 296 g/mol. The van der Waals surface area contributed by atoms with Gasteiger partial charge in [0.15, 0.2) is 11.5 Å². The van der Waals surface area contributed by atoms with Gasteiger partial charge < -0.3 is 15.3 Å². The maximum Gasteiger partial charge on any atom is 0.160 e. The number of aromatic hydroxyl groups is 1. The zero-order chi connectivity index (χ0) is 14.6. The molecule has 122 valence electrons. The molecule has 0 aromatic heterocycles. The Labute approximate surface area is 129 Å². The maximum absolute atomic E-state index is 9.54. The first kappa shape index (κ1) is 19.8. The van der Waals surface area contributed by atoms with Crippen LogP contribution in [0.2, 0.25) is 0 Å². The molecule has 0 amide bonds. The Morgan fingerprint density at radius 2 is 1.48 bits per heavy atom. The number of hydrogen-bond acceptors (Lipinski definition) is 2. The molecule has 0 heterocycles. The number of rotatable bonds is 11. The summed E-state index contributed by atoms with van der Waals surface area (Å²) in [5, 5.41) is 9.54. The highest BCUT2D eigenvalue weighted by Crippen LogP contribution is 2.27. The quantitative estimate of drug-likeness (QED) is 0.604. The molecule has 0 fully saturated rings. The van der Waals surface area contributed by atoms with Crippen LogP contribution < -0.4 is 4.74 Å². The zero-order valence-corrected chi connectivity index (χ0v) is 13.7. The van der Waals surface area contributed by atoms with Gasteiger partial charge in [-0.05, 0) is 30.5 Å². The SMILES string of the molecule is CCCCCCCCCCCc1ccc(O)c(OC)c1.O. The summed E-state index contributed by atoms with van der Waals surface area (Å²) in [5.41, 5.74) is 1.25. The van der Waals surface area contributed by atoms with Crippen molar-refractivity contribution < 1.29 is 15.3 Å². The van der Waals surface area contributed by atoms with E-state index in [0.29, 0.717) is 5.75 Å². The van der Waals surface area contributed by atoms with Gasteiger partial charge in [-0.25, -0.2) is 0 Å². The van der Waals surface area contributed by atoms with Crippen LogP contribution in [0.25, 0.3) is 0 Å². The Bertz CT molecular complexity index is 363. The predicted molar refractivity (Wildman–Crippen MR) is 89.2 cm³/mol. The Hall–Kier alpha value is -1.22. The molecule has 1 aromatic carbocycles. The standard InChI is InChI=1S/C18H30O2.H2O/c1-3-4-5-6-7-8-9-10-11-12-16-13-14-17(19)18(15-16)20-2;/h13-15,19H,3-12H2,1-2H3;1H2. The Morgan fingerprint density at radius 3 is 2.05 bits per heavy atom. The fourth-order valence-corrected chi connectivity index (χ4v) is 2.52. The second-order valence-electron chi connectivity index (χ2n) is 5.58. The molecule has 0 aliphatic carbocycles. The van der Waals surface area contributed by atoms with E-state index < -0.39 is 0 Å². The fraction of sp³-hybridized carbons (Fsp3) is 0.667. The van der Waals surface area contributed by atoms with Crippen molar-refractivity contribution in [2.45, 2.75) is 71.1 Å². The smallest absolute Gasteiger partial charge is 0.160 e. The van der Waals surface area contributed by atoms with E-state index in [1.165, 1.54) is 63.4 Å². The van der Waals surface area contributed by atoms with Crippen molar-refractivity contribution in [3.63, 3.8) is 0 Å². The van der Waals surface area contributed by atoms with Gasteiger partial charge in [0.1, 0.15) is 0 Å². The van der Waals surface area contributed by atoms with E-state index in [1.807, 2.05) is 12.1 Å². The van der Waals surface area contributed by atoms with Crippen LogP contribution in [-0.2, 0) is 6.42 Å². The number of phenols is 1. The Kier molecular flexibility index (Phi) is 11.8. The van der Waals surface area contributed by atoms with E-state index in [9.17, 15) is 5.11 Å². The number of phenolic OH excluding ortho intramolecular Hbond substituents is 1. The van der Waals surface area contributed by atoms with E-state index in [1.54, 1.807) is 13.2 Å². The van der Waals surface area contributed by atoms with Gasteiger partial charge in [-0.2, -0.15) is 0 Å². The van der Waals surface area contributed by atoms with E-state index >= 15 is 0 Å². The molecule has 0 aliphatic heterocycles. The van der Waals surface area contributed by atoms with Gasteiger partial charge in [-0.3, -0.25) is 0 Å². The minimum atomic E-state index is 0. The third kappa shape index (κ3) is 8.61. The molecule has 3 heteroatoms. The second-order valence-corrected chi connectivity index (χ2v) is 5.58. The van der Waals surface area contributed by atoms with E-state index in [4.69, 9.17) is 4.74 Å². The summed E-state index contributed by atoms with van der Waals surface area (Å²) in [4.78, 5) is 0. The third-order valence-electron chi connectivity index (χ3n) is 3.81. The predicted octanol–water partition coefficient (Wildman–Crippen LogP) is 4.65. The third-order valence-corrected chi connectivity index (χ3v) is 3.81. The molecule has 0 aliphatic rings. The minimum Gasteiger partial charge on any atom is -0.504 e. The number of ether oxygens (including phenoxy) is 1. The molecule has 21 heavy (non-hydrogen) atoms. The largest absolute Gasteiger partial charge is 0.504 e. The molecule has 0 bridgehead atoms. The summed E-state index contributed by atoms with van der Waals surface area (Å²) in [6.07, 6.45) is 13.3. The minimum absolute atomic E-state index is 0. The van der Waals surface area contributed by atoms with Gasteiger partial charge in [0.25, 0.3) is 0 Å². The first-order valence-electron chi connectivity index (χ1n) is 8.13. The summed E-state index contributed by atoms with van der Waals surface area (Å²) in [6.45, 7) is 2.26. The first-order chi connectivity index (χ1) is 9.77. The molecule has 1 rings (SSSR count). The maximum atomic E-state index is 9.54. The molecule has 0 unspecified atom stereocenters. The van der Waals surface area contributed by atoms with Crippen LogP contribution in [0.4, 0.5) is 0 Å². The number of methoxy groups -OCH3 is 1. The number of hydrogen-bond donors (Lipinski definition) is 1. The van der Waals surface area contributed by atoms with Gasteiger partial charge in [-0.15, -0.1) is 0 Å². The monoisotopic (exact) mass is 296 g/mol. The summed E-state index contributed by atoms with van der Waals surface area (Å²) in [7, 11) is 1.59. The summed E-state index contributed by atoms with van der Waals surface area (Å²) in [5.74, 6) is 0.807. The van der Waals surface area contributed by atoms with Crippen LogP contribution in [0.3, 0.4) is 0 Å². The van der Waals surface area contributed by atoms with Crippen molar-refractivity contribution in [3.05, 3.63) is 23.8 Å². The molecular weight excluding hydrogens is 264 g/mol. The highest BCUT2D eigenvalue weighted by molar-refractivity contribution is 5.41. The van der Waals surface area contributed by atoms with Crippen molar-refractivity contribution in [2.24, 2.45) is 0 Å². The van der Waals surface area contributed by atoms with Crippen LogP contribution >= 0.6 is 0 Å². The molecular formula is C18H32O3. The van der Waals surface area contributed by atoms with E-state index in [-0.39, 0.29) is 11.2 Å². The van der Waals surface area contributed by atoms with Crippen LogP contribution in [-0.4, -0.2) is 17.7 Å². The normalized spacial score (nSPS) is 10.2. The van der Waals surface area contributed by atoms with Crippen LogP contribution in [0, 0.1) is 0 Å². The molecule has 0 spiro atoms. The van der Waals surface area contributed by atoms with Crippen LogP contribution in [0.1, 0.15) is 70.3 Å². The van der Waals surface area contributed by atoms with Gasteiger partial charge in [-0.1, -0.05) is 64.4 Å². The van der Waals surface area contributed by atoms with E-state index in [0.717, 1.165) is 6.42 Å². The number of aryl methyl sites for hydroxylation is 1. The molecule has 1 aromatic rings. The molecule has 0 radical (unpaired) electrons. The van der Waals surface area contributed by atoms with Gasteiger partial charge in [0, 0.05) is 0 Å². The fourth-order valence-electron chi connectivity index (χ4n) is 2.52. The van der Waals surface area contributed by atoms with Crippen molar-refractivity contribution >= 4 is 0 Å². The number of benzene rings is 1. The lowest BCUT2D eigenvalue weighted by atomic mass is 10.0. The lowest BCUT2D eigenvalue weighted by Gasteiger charge is -2.06. The lowest BCUT2D eigenvalue weighted by Crippen LogP contribution is -1.89. The first-order valence-corrected chi connectivity index (χ1v) is 8.13. The Balaban J connectivity index is 0.00000400. The highest BCUT2D eigenvalue weighted by Gasteiger charge is 2.02. The van der Waals surface area contributed by atoms with Crippen molar-refractivity contribution in [1.29, 1.82) is 0 Å². The van der Waals surface area contributed by atoms with Crippen molar-refractivity contribution in [3.8, 4) is 11.5 Å². The van der Waals surface area contributed by atoms with Gasteiger partial charge in [0.2, 0.25) is 0 Å². The molecule has 3 N–H and O–H groups in total. The average Bonchev–Trinajstić information content (AvgIpc) is 2.47. The second kappa shape index (κ2) is 12.5. The molecule has 0 atom stereocenters. The zero-order valence-electron chi connectivity index (χ0n) is 13.7. The molecule has 3 nitrogen and oxygen atoms in total. The van der Waals surface area contributed by atoms with E-state index in [2.05, 4.69) is 6.92 Å².